The molecule has 0 spiro atoms. The normalized spacial score (nSPS) is 26.1. The average molecular weight is 436 g/mol. The number of sulfonamides is 1. The highest BCUT2D eigenvalue weighted by molar-refractivity contribution is 7.92. The Morgan fingerprint density at radius 1 is 1.14 bits per heavy atom. The second-order valence-electron chi connectivity index (χ2n) is 7.73. The molecule has 3 fully saturated rings. The lowest BCUT2D eigenvalue weighted by molar-refractivity contribution is 0.0218. The maximum Gasteiger partial charge on any atom is 0.261 e. The Kier molecular flexibility index (Phi) is 5.54. The summed E-state index contributed by atoms with van der Waals surface area (Å²) in [7, 11) is -3.31. The SMILES string of the molecule is C[C@@H]1[C@H](NC(=O)c2ccc(Oc3ccc(NS(C)(=O)=O)cc3)s2)C2CCN1CC2. The average Bonchev–Trinajstić information content (AvgIpc) is 3.14. The highest BCUT2D eigenvalue weighted by atomic mass is 32.2. The molecule has 156 valence electrons. The van der Waals surface area contributed by atoms with Gasteiger partial charge in [-0.15, -0.1) is 0 Å². The number of nitrogens with one attached hydrogen (secondary N) is 2. The lowest BCUT2D eigenvalue weighted by Gasteiger charge is -2.49. The predicted octanol–water partition coefficient (Wildman–Crippen LogP) is 3.12. The van der Waals surface area contributed by atoms with Crippen LogP contribution in [0.25, 0.3) is 0 Å². The lowest BCUT2D eigenvalue weighted by Crippen LogP contribution is -2.62. The van der Waals surface area contributed by atoms with Crippen LogP contribution in [0.4, 0.5) is 5.69 Å². The molecule has 2 aromatic rings. The van der Waals surface area contributed by atoms with Crippen molar-refractivity contribution in [1.29, 1.82) is 0 Å². The quantitative estimate of drug-likeness (QED) is 0.728. The summed E-state index contributed by atoms with van der Waals surface area (Å²) in [5, 5.41) is 3.84. The van der Waals surface area contributed by atoms with E-state index in [2.05, 4.69) is 21.9 Å². The standard InChI is InChI=1S/C20H25N3O4S2/c1-13-19(14-9-11-23(13)12-10-14)21-20(24)17-7-8-18(28-17)27-16-5-3-15(4-6-16)22-29(2,25)26/h3-8,13-14,19,22H,9-12H2,1-2H3,(H,21,24)/t13-,19+/m1/s1. The second-order valence-corrected chi connectivity index (χ2v) is 10.5. The molecule has 4 heterocycles. The molecule has 5 rings (SSSR count). The molecule has 7 nitrogen and oxygen atoms in total. The van der Waals surface area contributed by atoms with E-state index in [9.17, 15) is 13.2 Å². The van der Waals surface area contributed by atoms with E-state index in [0.717, 1.165) is 32.2 Å². The van der Waals surface area contributed by atoms with Crippen LogP contribution in [0.1, 0.15) is 29.4 Å². The van der Waals surface area contributed by atoms with Gasteiger partial charge in [0.15, 0.2) is 5.06 Å². The molecule has 1 amide bonds. The molecule has 2 N–H and O–H groups in total. The summed E-state index contributed by atoms with van der Waals surface area (Å²) in [5.74, 6) is 1.08. The van der Waals surface area contributed by atoms with Gasteiger partial charge in [0.1, 0.15) is 5.75 Å². The van der Waals surface area contributed by atoms with E-state index in [1.165, 1.54) is 11.3 Å². The third kappa shape index (κ3) is 4.73. The maximum atomic E-state index is 12.7. The van der Waals surface area contributed by atoms with E-state index in [0.29, 0.717) is 33.3 Å². The first kappa shape index (κ1) is 20.2. The number of carbonyl (C=O) groups excluding carboxylic acids is 1. The van der Waals surface area contributed by atoms with Crippen molar-refractivity contribution in [2.24, 2.45) is 5.92 Å². The van der Waals surface area contributed by atoms with Gasteiger partial charge in [0.25, 0.3) is 5.91 Å². The fraction of sp³-hybridized carbons (Fsp3) is 0.450. The van der Waals surface area contributed by atoms with Gasteiger partial charge < -0.3 is 10.1 Å². The molecule has 0 unspecified atom stereocenters. The van der Waals surface area contributed by atoms with E-state index in [1.54, 1.807) is 36.4 Å². The minimum atomic E-state index is -3.31. The fourth-order valence-corrected chi connectivity index (χ4v) is 5.53. The number of amides is 1. The number of rotatable bonds is 6. The maximum absolute atomic E-state index is 12.7. The number of hydrogen-bond acceptors (Lipinski definition) is 6. The monoisotopic (exact) mass is 435 g/mol. The van der Waals surface area contributed by atoms with Gasteiger partial charge >= 0.3 is 0 Å². The number of ether oxygens (including phenoxy) is 1. The number of nitrogens with zero attached hydrogens (tertiary/aromatic N) is 1. The number of hydrogen-bond donors (Lipinski definition) is 2. The van der Waals surface area contributed by atoms with Crippen LogP contribution >= 0.6 is 11.3 Å². The van der Waals surface area contributed by atoms with Crippen LogP contribution in [-0.2, 0) is 10.0 Å². The van der Waals surface area contributed by atoms with Gasteiger partial charge in [0.2, 0.25) is 10.0 Å². The van der Waals surface area contributed by atoms with Crippen LogP contribution in [0.2, 0.25) is 0 Å². The first-order valence-corrected chi connectivity index (χ1v) is 12.4. The third-order valence-corrected chi connectivity index (χ3v) is 7.23. The molecule has 1 aromatic carbocycles. The van der Waals surface area contributed by atoms with Crippen LogP contribution in [-0.4, -0.2) is 50.7 Å². The first-order chi connectivity index (χ1) is 13.8. The van der Waals surface area contributed by atoms with Crippen molar-refractivity contribution in [3.05, 3.63) is 41.3 Å². The van der Waals surface area contributed by atoms with Crippen LogP contribution in [0, 0.1) is 5.92 Å². The van der Waals surface area contributed by atoms with E-state index >= 15 is 0 Å². The van der Waals surface area contributed by atoms with Gasteiger partial charge in [-0.25, -0.2) is 8.42 Å². The van der Waals surface area contributed by atoms with Crippen LogP contribution < -0.4 is 14.8 Å². The Morgan fingerprint density at radius 2 is 1.83 bits per heavy atom. The van der Waals surface area contributed by atoms with Crippen molar-refractivity contribution in [2.45, 2.75) is 31.8 Å². The van der Waals surface area contributed by atoms with E-state index in [4.69, 9.17) is 4.74 Å². The second kappa shape index (κ2) is 7.97. The number of piperidine rings is 3. The van der Waals surface area contributed by atoms with Gasteiger partial charge in [0.05, 0.1) is 11.1 Å². The molecule has 2 atom stereocenters. The lowest BCUT2D eigenvalue weighted by atomic mass is 9.79. The van der Waals surface area contributed by atoms with E-state index in [1.807, 2.05) is 0 Å². The minimum Gasteiger partial charge on any atom is -0.447 e. The summed E-state index contributed by atoms with van der Waals surface area (Å²) in [6.07, 6.45) is 3.41. The van der Waals surface area contributed by atoms with Crippen molar-refractivity contribution in [2.75, 3.05) is 24.1 Å². The molecular formula is C20H25N3O4S2. The van der Waals surface area contributed by atoms with Crippen molar-refractivity contribution in [1.82, 2.24) is 10.2 Å². The summed E-state index contributed by atoms with van der Waals surface area (Å²) in [5.41, 5.74) is 0.470. The third-order valence-electron chi connectivity index (χ3n) is 5.66. The molecule has 3 saturated heterocycles. The Morgan fingerprint density at radius 3 is 2.45 bits per heavy atom. The van der Waals surface area contributed by atoms with Crippen LogP contribution in [0.5, 0.6) is 10.8 Å². The van der Waals surface area contributed by atoms with Gasteiger partial charge in [-0.2, -0.15) is 0 Å². The Bertz CT molecular complexity index is 977. The summed E-state index contributed by atoms with van der Waals surface area (Å²) in [4.78, 5) is 15.8. The Balaban J connectivity index is 1.37. The van der Waals surface area contributed by atoms with Crippen LogP contribution in [0.3, 0.4) is 0 Å². The number of benzene rings is 1. The highest BCUT2D eigenvalue weighted by Crippen LogP contribution is 2.34. The summed E-state index contributed by atoms with van der Waals surface area (Å²) in [6.45, 7) is 4.46. The topological polar surface area (TPSA) is 87.7 Å². The van der Waals surface area contributed by atoms with Crippen LogP contribution in [0.15, 0.2) is 36.4 Å². The fourth-order valence-electron chi connectivity index (χ4n) is 4.19. The number of carbonyl (C=O) groups is 1. The molecular weight excluding hydrogens is 410 g/mol. The van der Waals surface area contributed by atoms with Crippen molar-refractivity contribution in [3.8, 4) is 10.8 Å². The predicted molar refractivity (Wildman–Crippen MR) is 114 cm³/mol. The van der Waals surface area contributed by atoms with Crippen molar-refractivity contribution in [3.63, 3.8) is 0 Å². The number of fused-ring (bicyclic) bond motifs is 3. The number of thiophene rings is 1. The molecule has 1 aromatic heterocycles. The molecule has 0 saturated carbocycles. The van der Waals surface area contributed by atoms with E-state index in [-0.39, 0.29) is 11.9 Å². The number of anilines is 1. The van der Waals surface area contributed by atoms with Crippen molar-refractivity contribution >= 4 is 33.0 Å². The largest absolute Gasteiger partial charge is 0.447 e. The zero-order valence-electron chi connectivity index (χ0n) is 16.4. The molecule has 29 heavy (non-hydrogen) atoms. The van der Waals surface area contributed by atoms with Gasteiger partial charge in [0, 0.05) is 17.8 Å². The van der Waals surface area contributed by atoms with Gasteiger partial charge in [-0.1, -0.05) is 11.3 Å². The zero-order chi connectivity index (χ0) is 20.6. The summed E-state index contributed by atoms with van der Waals surface area (Å²) < 4.78 is 30.7. The molecule has 2 bridgehead atoms. The van der Waals surface area contributed by atoms with Gasteiger partial charge in [-0.3, -0.25) is 14.4 Å². The molecule has 9 heteroatoms. The smallest absolute Gasteiger partial charge is 0.261 e. The molecule has 0 aliphatic carbocycles. The highest BCUT2D eigenvalue weighted by Gasteiger charge is 2.40. The first-order valence-electron chi connectivity index (χ1n) is 9.69. The summed E-state index contributed by atoms with van der Waals surface area (Å²) in [6, 6.07) is 10.8. The molecule has 0 radical (unpaired) electrons. The Hall–Kier alpha value is -2.10. The zero-order valence-corrected chi connectivity index (χ0v) is 18.1. The van der Waals surface area contributed by atoms with E-state index < -0.39 is 10.0 Å². The summed E-state index contributed by atoms with van der Waals surface area (Å²) >= 11 is 1.30. The van der Waals surface area contributed by atoms with Gasteiger partial charge in [-0.05, 0) is 75.2 Å². The Labute approximate surface area is 175 Å². The van der Waals surface area contributed by atoms with Crippen molar-refractivity contribution < 1.29 is 17.9 Å². The minimum absolute atomic E-state index is 0.0526. The molecule has 3 aliphatic rings. The molecule has 3 aliphatic heterocycles.